The fourth-order valence-electron chi connectivity index (χ4n) is 4.31. The van der Waals surface area contributed by atoms with Gasteiger partial charge in [0.15, 0.2) is 0 Å². The molecule has 1 aliphatic carbocycles. The summed E-state index contributed by atoms with van der Waals surface area (Å²) in [6.07, 6.45) is 6.53. The second-order valence-electron chi connectivity index (χ2n) is 9.13. The summed E-state index contributed by atoms with van der Waals surface area (Å²) in [5.41, 5.74) is -1.16. The standard InChI is InChI=1S/C22H35N5O5/c1-16(2)24-21(28)22(29)8-6-17(7-9-22)25-18-14-20(23-15-19(18)27(30)31)32-13-12-26-10-4-3-5-11-26/h14-17,29H,3-13H2,1-2H3,(H,23,25)(H,24,28)/t17-,22+. The van der Waals surface area contributed by atoms with E-state index >= 15 is 0 Å². The summed E-state index contributed by atoms with van der Waals surface area (Å²) in [6, 6.07) is 1.43. The van der Waals surface area contributed by atoms with Crippen molar-refractivity contribution >= 4 is 17.3 Å². The number of nitrogens with zero attached hydrogens (tertiary/aromatic N) is 3. The molecule has 2 heterocycles. The molecular weight excluding hydrogens is 414 g/mol. The molecule has 1 aromatic rings. The molecule has 2 fully saturated rings. The normalized spacial score (nSPS) is 24.2. The molecule has 1 aliphatic heterocycles. The summed E-state index contributed by atoms with van der Waals surface area (Å²) in [5, 5.41) is 28.1. The molecule has 10 nitrogen and oxygen atoms in total. The van der Waals surface area contributed by atoms with Gasteiger partial charge in [0.2, 0.25) is 5.88 Å². The number of amides is 1. The molecule has 1 amide bonds. The maximum Gasteiger partial charge on any atom is 0.310 e. The lowest BCUT2D eigenvalue weighted by molar-refractivity contribution is -0.384. The molecule has 1 saturated carbocycles. The summed E-state index contributed by atoms with van der Waals surface area (Å²) < 4.78 is 5.77. The minimum absolute atomic E-state index is 0.0461. The number of hydrogen-bond acceptors (Lipinski definition) is 8. The molecule has 0 spiro atoms. The van der Waals surface area contributed by atoms with E-state index < -0.39 is 10.5 Å². The van der Waals surface area contributed by atoms with E-state index in [0.717, 1.165) is 19.6 Å². The first-order valence-electron chi connectivity index (χ1n) is 11.6. The molecule has 0 atom stereocenters. The summed E-state index contributed by atoms with van der Waals surface area (Å²) in [5.74, 6) is -0.0102. The minimum Gasteiger partial charge on any atom is -0.476 e. The summed E-state index contributed by atoms with van der Waals surface area (Å²) in [6.45, 7) is 7.14. The van der Waals surface area contributed by atoms with Crippen LogP contribution < -0.4 is 15.4 Å². The second-order valence-corrected chi connectivity index (χ2v) is 9.13. The van der Waals surface area contributed by atoms with Crippen LogP contribution in [-0.4, -0.2) is 69.7 Å². The molecular formula is C22H35N5O5. The van der Waals surface area contributed by atoms with Crippen molar-refractivity contribution in [1.29, 1.82) is 0 Å². The van der Waals surface area contributed by atoms with Crippen LogP contribution in [0.1, 0.15) is 58.8 Å². The largest absolute Gasteiger partial charge is 0.476 e. The number of aromatic nitrogens is 1. The Hall–Kier alpha value is -2.46. The van der Waals surface area contributed by atoms with E-state index in [0.29, 0.717) is 43.9 Å². The van der Waals surface area contributed by atoms with Gasteiger partial charge in [-0.15, -0.1) is 0 Å². The van der Waals surface area contributed by atoms with Gasteiger partial charge in [-0.1, -0.05) is 6.42 Å². The van der Waals surface area contributed by atoms with Crippen LogP contribution in [0.25, 0.3) is 0 Å². The highest BCUT2D eigenvalue weighted by atomic mass is 16.6. The highest BCUT2D eigenvalue weighted by molar-refractivity contribution is 5.85. The Balaban J connectivity index is 1.58. The lowest BCUT2D eigenvalue weighted by atomic mass is 9.81. The number of hydrogen-bond donors (Lipinski definition) is 3. The van der Waals surface area contributed by atoms with Gasteiger partial charge >= 0.3 is 5.69 Å². The van der Waals surface area contributed by atoms with Crippen LogP contribution in [0.4, 0.5) is 11.4 Å². The number of aliphatic hydroxyl groups is 1. The van der Waals surface area contributed by atoms with Crippen LogP contribution in [0.15, 0.2) is 12.3 Å². The molecule has 1 aromatic heterocycles. The van der Waals surface area contributed by atoms with Gasteiger partial charge < -0.3 is 20.5 Å². The fourth-order valence-corrected chi connectivity index (χ4v) is 4.31. The Morgan fingerprint density at radius 2 is 2.03 bits per heavy atom. The highest BCUT2D eigenvalue weighted by Crippen LogP contribution is 2.33. The number of nitro groups is 1. The van der Waals surface area contributed by atoms with E-state index in [1.165, 1.54) is 25.5 Å². The van der Waals surface area contributed by atoms with Crippen molar-refractivity contribution in [2.75, 3.05) is 31.6 Å². The predicted octanol–water partition coefficient (Wildman–Crippen LogP) is 2.46. The van der Waals surface area contributed by atoms with Gasteiger partial charge in [-0.3, -0.25) is 19.8 Å². The molecule has 1 saturated heterocycles. The zero-order valence-corrected chi connectivity index (χ0v) is 19.0. The van der Waals surface area contributed by atoms with Gasteiger partial charge in [-0.05, 0) is 65.5 Å². The van der Waals surface area contributed by atoms with Gasteiger partial charge in [-0.2, -0.15) is 0 Å². The Bertz CT molecular complexity index is 789. The molecule has 32 heavy (non-hydrogen) atoms. The van der Waals surface area contributed by atoms with Gasteiger partial charge in [0.25, 0.3) is 5.91 Å². The number of piperidine rings is 1. The molecule has 10 heteroatoms. The van der Waals surface area contributed by atoms with E-state index in [1.54, 1.807) is 6.07 Å². The third-order valence-corrected chi connectivity index (χ3v) is 6.18. The molecule has 3 N–H and O–H groups in total. The highest BCUT2D eigenvalue weighted by Gasteiger charge is 2.40. The average Bonchev–Trinajstić information content (AvgIpc) is 2.76. The number of nitrogens with one attached hydrogen (secondary N) is 2. The van der Waals surface area contributed by atoms with Crippen molar-refractivity contribution < 1.29 is 19.6 Å². The quantitative estimate of drug-likeness (QED) is 0.387. The molecule has 3 rings (SSSR count). The van der Waals surface area contributed by atoms with Gasteiger partial charge in [0.05, 0.1) is 4.92 Å². The lowest BCUT2D eigenvalue weighted by Gasteiger charge is -2.35. The van der Waals surface area contributed by atoms with E-state index in [4.69, 9.17) is 4.74 Å². The van der Waals surface area contributed by atoms with Crippen LogP contribution in [0, 0.1) is 10.1 Å². The molecule has 0 aromatic carbocycles. The topological polar surface area (TPSA) is 130 Å². The van der Waals surface area contributed by atoms with E-state index in [1.807, 2.05) is 13.8 Å². The monoisotopic (exact) mass is 449 g/mol. The third-order valence-electron chi connectivity index (χ3n) is 6.18. The Morgan fingerprint density at radius 3 is 2.66 bits per heavy atom. The smallest absolute Gasteiger partial charge is 0.310 e. The first-order chi connectivity index (χ1) is 15.3. The van der Waals surface area contributed by atoms with Crippen molar-refractivity contribution in [1.82, 2.24) is 15.2 Å². The zero-order chi connectivity index (χ0) is 23.1. The van der Waals surface area contributed by atoms with Crippen LogP contribution in [0.3, 0.4) is 0 Å². The lowest BCUT2D eigenvalue weighted by Crippen LogP contribution is -2.52. The number of anilines is 1. The third kappa shape index (κ3) is 6.52. The van der Waals surface area contributed by atoms with Crippen molar-refractivity contribution in [3.05, 3.63) is 22.4 Å². The summed E-state index contributed by atoms with van der Waals surface area (Å²) in [7, 11) is 0. The average molecular weight is 450 g/mol. The summed E-state index contributed by atoms with van der Waals surface area (Å²) >= 11 is 0. The SMILES string of the molecule is CC(C)NC(=O)[C@]1(O)CC[C@@H](Nc2cc(OCCN3CCCCC3)ncc2[N+](=O)[O-])CC1. The Morgan fingerprint density at radius 1 is 1.34 bits per heavy atom. The first-order valence-corrected chi connectivity index (χ1v) is 11.6. The number of rotatable bonds is 9. The van der Waals surface area contributed by atoms with Crippen molar-refractivity contribution in [2.24, 2.45) is 0 Å². The number of carbonyl (C=O) groups is 1. The van der Waals surface area contributed by atoms with Crippen LogP contribution in [-0.2, 0) is 4.79 Å². The number of pyridine rings is 1. The molecule has 0 bridgehead atoms. The fraction of sp³-hybridized carbons (Fsp3) is 0.727. The Kier molecular flexibility index (Phi) is 8.25. The zero-order valence-electron chi connectivity index (χ0n) is 19.0. The van der Waals surface area contributed by atoms with Gasteiger partial charge in [0.1, 0.15) is 24.1 Å². The number of likely N-dealkylation sites (tertiary alicyclic amines) is 1. The van der Waals surface area contributed by atoms with Crippen LogP contribution >= 0.6 is 0 Å². The van der Waals surface area contributed by atoms with Crippen LogP contribution in [0.2, 0.25) is 0 Å². The number of ether oxygens (including phenoxy) is 1. The van der Waals surface area contributed by atoms with Gasteiger partial charge in [0, 0.05) is 24.7 Å². The molecule has 0 unspecified atom stereocenters. The van der Waals surface area contributed by atoms with Gasteiger partial charge in [-0.25, -0.2) is 4.98 Å². The van der Waals surface area contributed by atoms with Crippen molar-refractivity contribution in [2.45, 2.75) is 76.5 Å². The first kappa shape index (κ1) is 24.2. The number of carbonyl (C=O) groups excluding carboxylic acids is 1. The van der Waals surface area contributed by atoms with E-state index in [2.05, 4.69) is 20.5 Å². The van der Waals surface area contributed by atoms with Crippen molar-refractivity contribution in [3.8, 4) is 5.88 Å². The maximum atomic E-state index is 12.3. The van der Waals surface area contributed by atoms with E-state index in [-0.39, 0.29) is 23.7 Å². The maximum absolute atomic E-state index is 12.3. The molecule has 2 aliphatic rings. The molecule has 0 radical (unpaired) electrons. The Labute approximate surface area is 188 Å². The molecule has 178 valence electrons. The van der Waals surface area contributed by atoms with E-state index in [9.17, 15) is 20.0 Å². The predicted molar refractivity (Wildman–Crippen MR) is 121 cm³/mol. The second kappa shape index (κ2) is 10.9. The van der Waals surface area contributed by atoms with Crippen LogP contribution in [0.5, 0.6) is 5.88 Å². The van der Waals surface area contributed by atoms with Crippen molar-refractivity contribution in [3.63, 3.8) is 0 Å². The minimum atomic E-state index is -1.39. The summed E-state index contributed by atoms with van der Waals surface area (Å²) in [4.78, 5) is 29.8.